The lowest BCUT2D eigenvalue weighted by Crippen LogP contribution is -2.45. The molecule has 1 amide bonds. The van der Waals surface area contributed by atoms with Crippen molar-refractivity contribution in [1.82, 2.24) is 4.90 Å². The Morgan fingerprint density at radius 3 is 2.56 bits per heavy atom. The van der Waals surface area contributed by atoms with E-state index in [4.69, 9.17) is 33.0 Å². The van der Waals surface area contributed by atoms with Crippen LogP contribution < -0.4 is 0 Å². The standard InChI is InChI=1S/C18H21Cl2NO4/c19-15-2-1-11(9-16(15)20)13-10-14(13)18(24)21(6-3-17(22)23)12-4-7-25-8-5-12/h1-2,9,12-14H,3-8,10H2,(H,22,23). The third kappa shape index (κ3) is 4.46. The molecule has 1 aromatic rings. The molecule has 2 aliphatic rings. The molecule has 1 heterocycles. The second-order valence-electron chi connectivity index (χ2n) is 6.64. The summed E-state index contributed by atoms with van der Waals surface area (Å²) in [4.78, 5) is 25.7. The number of hydrogen-bond acceptors (Lipinski definition) is 3. The predicted octanol–water partition coefficient (Wildman–Crippen LogP) is 3.58. The summed E-state index contributed by atoms with van der Waals surface area (Å²) in [5.74, 6) is -0.811. The molecule has 1 saturated heterocycles. The molecule has 1 aliphatic heterocycles. The number of amides is 1. The Kier molecular flexibility index (Phi) is 5.87. The van der Waals surface area contributed by atoms with Crippen molar-refractivity contribution in [2.45, 2.75) is 37.6 Å². The SMILES string of the molecule is O=C(O)CCN(C(=O)C1CC1c1ccc(Cl)c(Cl)c1)C1CCOCC1. The van der Waals surface area contributed by atoms with Crippen LogP contribution in [0, 0.1) is 5.92 Å². The number of halogens is 2. The topological polar surface area (TPSA) is 66.8 Å². The molecular formula is C18H21Cl2NO4. The lowest BCUT2D eigenvalue weighted by Gasteiger charge is -2.34. The van der Waals surface area contributed by atoms with Gasteiger partial charge in [0.25, 0.3) is 0 Å². The Bertz CT molecular complexity index is 660. The van der Waals surface area contributed by atoms with Gasteiger partial charge in [-0.1, -0.05) is 29.3 Å². The van der Waals surface area contributed by atoms with E-state index in [0.29, 0.717) is 23.3 Å². The zero-order valence-electron chi connectivity index (χ0n) is 13.8. The molecule has 1 saturated carbocycles. The normalized spacial score (nSPS) is 23.3. The van der Waals surface area contributed by atoms with Crippen LogP contribution in [0.25, 0.3) is 0 Å². The van der Waals surface area contributed by atoms with Crippen molar-refractivity contribution in [3.8, 4) is 0 Å². The van der Waals surface area contributed by atoms with Crippen LogP contribution in [0.2, 0.25) is 10.0 Å². The summed E-state index contributed by atoms with van der Waals surface area (Å²) >= 11 is 12.0. The van der Waals surface area contributed by atoms with Crippen LogP contribution in [0.3, 0.4) is 0 Å². The molecule has 1 aliphatic carbocycles. The van der Waals surface area contributed by atoms with Crippen LogP contribution in [-0.4, -0.2) is 47.7 Å². The molecule has 0 aromatic heterocycles. The van der Waals surface area contributed by atoms with Gasteiger partial charge in [-0.25, -0.2) is 0 Å². The minimum Gasteiger partial charge on any atom is -0.481 e. The van der Waals surface area contributed by atoms with Gasteiger partial charge < -0.3 is 14.7 Å². The summed E-state index contributed by atoms with van der Waals surface area (Å²) in [5.41, 5.74) is 1.01. The van der Waals surface area contributed by atoms with Gasteiger partial charge in [-0.2, -0.15) is 0 Å². The number of hydrogen-bond donors (Lipinski definition) is 1. The summed E-state index contributed by atoms with van der Waals surface area (Å²) in [6.07, 6.45) is 2.25. The number of nitrogens with zero attached hydrogens (tertiary/aromatic N) is 1. The quantitative estimate of drug-likeness (QED) is 0.812. The van der Waals surface area contributed by atoms with Crippen LogP contribution >= 0.6 is 23.2 Å². The highest BCUT2D eigenvalue weighted by atomic mass is 35.5. The van der Waals surface area contributed by atoms with E-state index in [1.165, 1.54) is 0 Å². The molecule has 1 N–H and O–H groups in total. The first-order valence-electron chi connectivity index (χ1n) is 8.52. The third-order valence-electron chi connectivity index (χ3n) is 4.96. The van der Waals surface area contributed by atoms with E-state index < -0.39 is 5.97 Å². The maximum absolute atomic E-state index is 13.0. The molecule has 25 heavy (non-hydrogen) atoms. The van der Waals surface area contributed by atoms with E-state index >= 15 is 0 Å². The zero-order chi connectivity index (χ0) is 18.0. The van der Waals surface area contributed by atoms with Crippen LogP contribution in [0.5, 0.6) is 0 Å². The molecule has 1 aromatic carbocycles. The highest BCUT2D eigenvalue weighted by Gasteiger charge is 2.47. The van der Waals surface area contributed by atoms with E-state index in [0.717, 1.165) is 24.8 Å². The lowest BCUT2D eigenvalue weighted by molar-refractivity contribution is -0.141. The number of carbonyl (C=O) groups is 2. The van der Waals surface area contributed by atoms with Crippen molar-refractivity contribution >= 4 is 35.1 Å². The number of carboxylic acids is 1. The molecule has 5 nitrogen and oxygen atoms in total. The molecule has 2 fully saturated rings. The van der Waals surface area contributed by atoms with E-state index in [2.05, 4.69) is 0 Å². The van der Waals surface area contributed by atoms with Gasteiger partial charge >= 0.3 is 5.97 Å². The van der Waals surface area contributed by atoms with Gasteiger partial charge in [0.1, 0.15) is 0 Å². The Labute approximate surface area is 156 Å². The van der Waals surface area contributed by atoms with Gasteiger partial charge in [0.2, 0.25) is 5.91 Å². The van der Waals surface area contributed by atoms with Crippen molar-refractivity contribution in [3.63, 3.8) is 0 Å². The monoisotopic (exact) mass is 385 g/mol. The summed E-state index contributed by atoms with van der Waals surface area (Å²) in [6, 6.07) is 5.54. The van der Waals surface area contributed by atoms with E-state index in [1.54, 1.807) is 11.0 Å². The Morgan fingerprint density at radius 1 is 1.20 bits per heavy atom. The largest absolute Gasteiger partial charge is 0.481 e. The number of carboxylic acid groups (broad SMARTS) is 1. The predicted molar refractivity (Wildman–Crippen MR) is 95.1 cm³/mol. The lowest BCUT2D eigenvalue weighted by atomic mass is 10.0. The highest BCUT2D eigenvalue weighted by molar-refractivity contribution is 6.42. The molecular weight excluding hydrogens is 365 g/mol. The maximum Gasteiger partial charge on any atom is 0.305 e. The van der Waals surface area contributed by atoms with Crippen LogP contribution in [0.15, 0.2) is 18.2 Å². The molecule has 3 rings (SSSR count). The highest BCUT2D eigenvalue weighted by Crippen LogP contribution is 2.49. The summed E-state index contributed by atoms with van der Waals surface area (Å²) in [5, 5.41) is 9.98. The molecule has 2 unspecified atom stereocenters. The van der Waals surface area contributed by atoms with Crippen LogP contribution in [-0.2, 0) is 14.3 Å². The van der Waals surface area contributed by atoms with Gasteiger partial charge in [0.15, 0.2) is 0 Å². The Hall–Kier alpha value is -1.30. The average molecular weight is 386 g/mol. The molecule has 0 radical (unpaired) electrons. The van der Waals surface area contributed by atoms with Crippen molar-refractivity contribution in [3.05, 3.63) is 33.8 Å². The zero-order valence-corrected chi connectivity index (χ0v) is 15.3. The van der Waals surface area contributed by atoms with Crippen LogP contribution in [0.4, 0.5) is 0 Å². The van der Waals surface area contributed by atoms with Gasteiger partial charge in [0, 0.05) is 31.7 Å². The summed E-state index contributed by atoms with van der Waals surface area (Å²) < 4.78 is 5.36. The molecule has 7 heteroatoms. The fourth-order valence-corrected chi connectivity index (χ4v) is 3.78. The van der Waals surface area contributed by atoms with E-state index in [9.17, 15) is 9.59 Å². The fraction of sp³-hybridized carbons (Fsp3) is 0.556. The minimum absolute atomic E-state index is 0.0345. The van der Waals surface area contributed by atoms with Gasteiger partial charge in [-0.15, -0.1) is 0 Å². The molecule has 0 spiro atoms. The number of carbonyl (C=O) groups excluding carboxylic acids is 1. The first-order chi connectivity index (χ1) is 12.0. The van der Waals surface area contributed by atoms with Gasteiger partial charge in [-0.05, 0) is 42.9 Å². The van der Waals surface area contributed by atoms with Crippen molar-refractivity contribution in [1.29, 1.82) is 0 Å². The van der Waals surface area contributed by atoms with Gasteiger partial charge in [0.05, 0.1) is 16.5 Å². The second-order valence-corrected chi connectivity index (χ2v) is 7.46. The van der Waals surface area contributed by atoms with Crippen molar-refractivity contribution < 1.29 is 19.4 Å². The molecule has 0 bridgehead atoms. The fourth-order valence-electron chi connectivity index (χ4n) is 3.48. The van der Waals surface area contributed by atoms with Crippen LogP contribution in [0.1, 0.15) is 37.2 Å². The van der Waals surface area contributed by atoms with Crippen molar-refractivity contribution in [2.75, 3.05) is 19.8 Å². The first kappa shape index (κ1) is 18.5. The molecule has 2 atom stereocenters. The molecule has 136 valence electrons. The number of rotatable bonds is 6. The van der Waals surface area contributed by atoms with Crippen molar-refractivity contribution in [2.24, 2.45) is 5.92 Å². The average Bonchev–Trinajstić information content (AvgIpc) is 3.39. The third-order valence-corrected chi connectivity index (χ3v) is 5.70. The Balaban J connectivity index is 1.69. The van der Waals surface area contributed by atoms with Gasteiger partial charge in [-0.3, -0.25) is 9.59 Å². The Morgan fingerprint density at radius 2 is 1.92 bits per heavy atom. The summed E-state index contributed by atoms with van der Waals surface area (Å²) in [6.45, 7) is 1.48. The maximum atomic E-state index is 13.0. The first-order valence-corrected chi connectivity index (χ1v) is 9.28. The second kappa shape index (κ2) is 7.94. The smallest absolute Gasteiger partial charge is 0.305 e. The summed E-state index contributed by atoms with van der Waals surface area (Å²) in [7, 11) is 0. The van der Waals surface area contributed by atoms with E-state index in [1.807, 2.05) is 12.1 Å². The number of aliphatic carboxylic acids is 1. The minimum atomic E-state index is -0.887. The van der Waals surface area contributed by atoms with E-state index in [-0.39, 0.29) is 36.8 Å². The number of benzene rings is 1. The number of ether oxygens (including phenoxy) is 1.